The molecule has 7 nitrogen and oxygen atoms in total. The second-order valence-corrected chi connectivity index (χ2v) is 4.93. The lowest BCUT2D eigenvalue weighted by molar-refractivity contribution is -0.126. The van der Waals surface area contributed by atoms with E-state index in [-0.39, 0.29) is 18.6 Å². The number of esters is 1. The van der Waals surface area contributed by atoms with Crippen LogP contribution in [0, 0.1) is 0 Å². The predicted molar refractivity (Wildman–Crippen MR) is 86.6 cm³/mol. The lowest BCUT2D eigenvalue weighted by Crippen LogP contribution is -2.29. The molecule has 1 amide bonds. The number of nitrogens with zero attached hydrogens (tertiary/aromatic N) is 1. The zero-order valence-corrected chi connectivity index (χ0v) is 13.4. The Labute approximate surface area is 139 Å². The number of methoxy groups -OCH3 is 1. The number of rotatable bonds is 7. The number of benzene rings is 1. The molecule has 1 N–H and O–H groups in total. The minimum atomic E-state index is -0.405. The van der Waals surface area contributed by atoms with E-state index < -0.39 is 5.97 Å². The topological polar surface area (TPSA) is 90.1 Å². The number of carbonyl (C=O) groups excluding carboxylic acids is 2. The van der Waals surface area contributed by atoms with Crippen molar-refractivity contribution < 1.29 is 23.6 Å². The maximum atomic E-state index is 11.7. The first-order chi connectivity index (χ1) is 11.6. The van der Waals surface area contributed by atoms with Gasteiger partial charge >= 0.3 is 5.97 Å². The molecule has 1 atom stereocenters. The number of amides is 1. The van der Waals surface area contributed by atoms with Crippen molar-refractivity contribution in [1.82, 2.24) is 5.32 Å². The fourth-order valence-corrected chi connectivity index (χ4v) is 1.91. The third-order valence-electron chi connectivity index (χ3n) is 3.15. The lowest BCUT2D eigenvalue weighted by atomic mass is 10.1. The highest BCUT2D eigenvalue weighted by atomic mass is 16.6. The first-order valence-electron chi connectivity index (χ1n) is 7.26. The van der Waals surface area contributed by atoms with E-state index in [1.807, 2.05) is 6.92 Å². The number of oxime groups is 1. The second kappa shape index (κ2) is 8.52. The molecule has 7 heteroatoms. The number of carbonyl (C=O) groups is 2. The minimum Gasteiger partial charge on any atom is -0.467 e. The van der Waals surface area contributed by atoms with Crippen LogP contribution >= 0.6 is 0 Å². The van der Waals surface area contributed by atoms with Gasteiger partial charge in [-0.2, -0.15) is 0 Å². The summed E-state index contributed by atoms with van der Waals surface area (Å²) >= 11 is 0. The van der Waals surface area contributed by atoms with Crippen LogP contribution in [-0.2, 0) is 14.4 Å². The van der Waals surface area contributed by atoms with E-state index in [0.717, 1.165) is 5.56 Å². The van der Waals surface area contributed by atoms with Crippen LogP contribution in [0.1, 0.15) is 34.6 Å². The molecule has 0 aliphatic rings. The number of hydrogen-bond acceptors (Lipinski definition) is 6. The minimum absolute atomic E-state index is 0.207. The number of ether oxygens (including phenoxy) is 1. The van der Waals surface area contributed by atoms with Crippen LogP contribution in [0.4, 0.5) is 0 Å². The van der Waals surface area contributed by atoms with Gasteiger partial charge in [-0.15, -0.1) is 0 Å². The molecule has 0 spiro atoms. The van der Waals surface area contributed by atoms with E-state index in [0.29, 0.717) is 11.3 Å². The zero-order chi connectivity index (χ0) is 17.4. The molecule has 1 aromatic carbocycles. The molecular weight excluding hydrogens is 312 g/mol. The van der Waals surface area contributed by atoms with Gasteiger partial charge in [0.2, 0.25) is 0 Å². The summed E-state index contributed by atoms with van der Waals surface area (Å²) in [6.07, 6.45) is 2.99. The first kappa shape index (κ1) is 17.3. The van der Waals surface area contributed by atoms with Crippen molar-refractivity contribution in [2.45, 2.75) is 13.0 Å². The predicted octanol–water partition coefficient (Wildman–Crippen LogP) is 2.29. The third kappa shape index (κ3) is 4.98. The molecule has 0 fully saturated rings. The van der Waals surface area contributed by atoms with Crippen molar-refractivity contribution >= 4 is 18.1 Å². The fourth-order valence-electron chi connectivity index (χ4n) is 1.91. The van der Waals surface area contributed by atoms with Crippen LogP contribution in [-0.4, -0.2) is 31.8 Å². The molecule has 1 aromatic heterocycles. The Balaban J connectivity index is 1.75. The second-order valence-electron chi connectivity index (χ2n) is 4.93. The van der Waals surface area contributed by atoms with E-state index in [4.69, 9.17) is 9.25 Å². The van der Waals surface area contributed by atoms with Crippen molar-refractivity contribution in [2.24, 2.45) is 5.16 Å². The Hall–Kier alpha value is -3.09. The Kier molecular flexibility index (Phi) is 6.13. The molecule has 0 aliphatic carbocycles. The molecule has 0 aliphatic heterocycles. The maximum absolute atomic E-state index is 11.7. The smallest absolute Gasteiger partial charge is 0.337 e. The highest BCUT2D eigenvalue weighted by Gasteiger charge is 2.11. The average Bonchev–Trinajstić information content (AvgIpc) is 3.13. The van der Waals surface area contributed by atoms with Crippen LogP contribution in [0.3, 0.4) is 0 Å². The van der Waals surface area contributed by atoms with Crippen LogP contribution < -0.4 is 5.32 Å². The van der Waals surface area contributed by atoms with Gasteiger partial charge in [-0.1, -0.05) is 17.3 Å². The molecule has 24 heavy (non-hydrogen) atoms. The molecule has 2 aromatic rings. The summed E-state index contributed by atoms with van der Waals surface area (Å²) in [6, 6.07) is 9.91. The van der Waals surface area contributed by atoms with Gasteiger partial charge in [0.05, 0.1) is 31.2 Å². The van der Waals surface area contributed by atoms with E-state index in [1.54, 1.807) is 42.7 Å². The first-order valence-corrected chi connectivity index (χ1v) is 7.26. The summed E-state index contributed by atoms with van der Waals surface area (Å²) in [4.78, 5) is 28.0. The molecule has 0 bridgehead atoms. The molecule has 2 rings (SSSR count). The summed E-state index contributed by atoms with van der Waals surface area (Å²) in [7, 11) is 1.32. The highest BCUT2D eigenvalue weighted by molar-refractivity contribution is 5.90. The standard InChI is InChI=1S/C17H18N2O5/c1-12(15-4-3-9-23-15)19-16(20)11-24-18-10-13-5-7-14(8-6-13)17(21)22-2/h3-10,12H,11H2,1-2H3,(H,19,20)/b18-10+. The molecule has 0 saturated carbocycles. The van der Waals surface area contributed by atoms with Crippen molar-refractivity contribution in [3.05, 3.63) is 59.5 Å². The molecule has 1 heterocycles. The third-order valence-corrected chi connectivity index (χ3v) is 3.15. The van der Waals surface area contributed by atoms with Crippen molar-refractivity contribution in [1.29, 1.82) is 0 Å². The van der Waals surface area contributed by atoms with Crippen molar-refractivity contribution in [2.75, 3.05) is 13.7 Å². The largest absolute Gasteiger partial charge is 0.467 e. The fraction of sp³-hybridized carbons (Fsp3) is 0.235. The Morgan fingerprint density at radius 1 is 1.29 bits per heavy atom. The van der Waals surface area contributed by atoms with Crippen LogP contribution in [0.15, 0.2) is 52.2 Å². The van der Waals surface area contributed by atoms with E-state index in [2.05, 4.69) is 15.2 Å². The number of nitrogens with one attached hydrogen (secondary N) is 1. The molecule has 0 saturated heterocycles. The maximum Gasteiger partial charge on any atom is 0.337 e. The van der Waals surface area contributed by atoms with E-state index in [9.17, 15) is 9.59 Å². The quantitative estimate of drug-likeness (QED) is 0.478. The monoisotopic (exact) mass is 330 g/mol. The molecular formula is C17H18N2O5. The van der Waals surface area contributed by atoms with Crippen LogP contribution in [0.5, 0.6) is 0 Å². The highest BCUT2D eigenvalue weighted by Crippen LogP contribution is 2.11. The molecule has 1 unspecified atom stereocenters. The molecule has 0 radical (unpaired) electrons. The van der Waals surface area contributed by atoms with Gasteiger partial charge in [0.1, 0.15) is 5.76 Å². The SMILES string of the molecule is COC(=O)c1ccc(/C=N/OCC(=O)NC(C)c2ccco2)cc1. The Bertz CT molecular complexity index is 692. The van der Waals surface area contributed by atoms with Gasteiger partial charge in [0.15, 0.2) is 6.61 Å². The van der Waals surface area contributed by atoms with E-state index in [1.165, 1.54) is 13.3 Å². The van der Waals surface area contributed by atoms with Crippen molar-refractivity contribution in [3.63, 3.8) is 0 Å². The van der Waals surface area contributed by atoms with Gasteiger partial charge < -0.3 is 19.3 Å². The normalized spacial score (nSPS) is 11.9. The van der Waals surface area contributed by atoms with Gasteiger partial charge in [0.25, 0.3) is 5.91 Å². The summed E-state index contributed by atoms with van der Waals surface area (Å²) in [5.41, 5.74) is 1.17. The zero-order valence-electron chi connectivity index (χ0n) is 13.4. The summed E-state index contributed by atoms with van der Waals surface area (Å²) < 4.78 is 9.81. The average molecular weight is 330 g/mol. The van der Waals surface area contributed by atoms with Gasteiger partial charge in [-0.25, -0.2) is 4.79 Å². The number of hydrogen-bond donors (Lipinski definition) is 1. The lowest BCUT2D eigenvalue weighted by Gasteiger charge is -2.10. The Morgan fingerprint density at radius 2 is 2.04 bits per heavy atom. The van der Waals surface area contributed by atoms with Crippen LogP contribution in [0.25, 0.3) is 0 Å². The van der Waals surface area contributed by atoms with Crippen molar-refractivity contribution in [3.8, 4) is 0 Å². The van der Waals surface area contributed by atoms with E-state index >= 15 is 0 Å². The number of furan rings is 1. The Morgan fingerprint density at radius 3 is 2.67 bits per heavy atom. The molecule has 126 valence electrons. The van der Waals surface area contributed by atoms with Crippen LogP contribution in [0.2, 0.25) is 0 Å². The van der Waals surface area contributed by atoms with Gasteiger partial charge in [0, 0.05) is 0 Å². The summed E-state index contributed by atoms with van der Waals surface area (Å²) in [5, 5.41) is 6.45. The summed E-state index contributed by atoms with van der Waals surface area (Å²) in [5.74, 6) is -0.0493. The van der Waals surface area contributed by atoms with Gasteiger partial charge in [-0.05, 0) is 36.8 Å². The summed E-state index contributed by atoms with van der Waals surface area (Å²) in [6.45, 7) is 1.60. The van der Waals surface area contributed by atoms with Gasteiger partial charge in [-0.3, -0.25) is 4.79 Å².